The highest BCUT2D eigenvalue weighted by Crippen LogP contribution is 2.60. The lowest BCUT2D eigenvalue weighted by Crippen LogP contribution is -2.50. The molecule has 2 bridgehead atoms. The summed E-state index contributed by atoms with van der Waals surface area (Å²) >= 11 is 0. The average Bonchev–Trinajstić information content (AvgIpc) is 3.01. The summed E-state index contributed by atoms with van der Waals surface area (Å²) in [6, 6.07) is 11.6. The largest absolute Gasteiger partial charge is 0.342 e. The lowest BCUT2D eigenvalue weighted by atomic mass is 9.79. The summed E-state index contributed by atoms with van der Waals surface area (Å²) < 4.78 is 0. The van der Waals surface area contributed by atoms with Gasteiger partial charge in [0, 0.05) is 29.9 Å². The van der Waals surface area contributed by atoms with Crippen LogP contribution >= 0.6 is 0 Å². The maximum atomic E-state index is 12.8. The molecule has 1 aliphatic carbocycles. The fourth-order valence-electron chi connectivity index (χ4n) is 5.32. The molecule has 1 aromatic carbocycles. The Hall–Kier alpha value is -2.76. The lowest BCUT2D eigenvalue weighted by molar-refractivity contribution is -0.385. The Balaban J connectivity index is 1.64. The van der Waals surface area contributed by atoms with E-state index in [0.29, 0.717) is 12.2 Å². The van der Waals surface area contributed by atoms with Gasteiger partial charge < -0.3 is 4.90 Å². The van der Waals surface area contributed by atoms with Crippen LogP contribution in [0.25, 0.3) is 0 Å². The second-order valence-electron chi connectivity index (χ2n) is 7.49. The van der Waals surface area contributed by atoms with E-state index in [1.54, 1.807) is 6.07 Å². The summed E-state index contributed by atoms with van der Waals surface area (Å²) in [5, 5.41) is 10.9. The zero-order valence-corrected chi connectivity index (χ0v) is 13.8. The summed E-state index contributed by atoms with van der Waals surface area (Å²) in [5.74, 6) is 1.08. The van der Waals surface area contributed by atoms with Gasteiger partial charge in [-0.15, -0.1) is 0 Å². The number of ketones is 1. The number of carbonyl (C=O) groups excluding carboxylic acids is 1. The maximum absolute atomic E-state index is 12.8. The maximum Gasteiger partial charge on any atom is 0.287 e. The van der Waals surface area contributed by atoms with Gasteiger partial charge in [-0.3, -0.25) is 14.9 Å². The van der Waals surface area contributed by atoms with Crippen LogP contribution in [0.2, 0.25) is 0 Å². The van der Waals surface area contributed by atoms with Gasteiger partial charge in [0.25, 0.3) is 5.69 Å². The molecule has 1 aromatic heterocycles. The van der Waals surface area contributed by atoms with E-state index in [0.717, 1.165) is 6.42 Å². The van der Waals surface area contributed by atoms with Crippen molar-refractivity contribution in [2.24, 2.45) is 0 Å². The molecule has 0 amide bonds. The molecule has 126 valence electrons. The van der Waals surface area contributed by atoms with Crippen molar-refractivity contribution < 1.29 is 9.72 Å². The fourth-order valence-corrected chi connectivity index (χ4v) is 5.32. The van der Waals surface area contributed by atoms with Crippen LogP contribution < -0.4 is 4.90 Å². The summed E-state index contributed by atoms with van der Waals surface area (Å²) in [7, 11) is 0. The Morgan fingerprint density at radius 2 is 2.08 bits per heavy atom. The second-order valence-corrected chi connectivity index (χ2v) is 7.49. The normalized spacial score (nSPS) is 32.0. The topological polar surface area (TPSA) is 76.3 Å². The number of carbonyl (C=O) groups is 1. The van der Waals surface area contributed by atoms with Crippen molar-refractivity contribution in [2.45, 2.75) is 43.2 Å². The number of Topliss-reactive ketones (excluding diaryl/α,β-unsaturated/α-hetero) is 1. The fraction of sp³-hybridized carbons (Fsp3) is 0.368. The third kappa shape index (κ3) is 1.74. The number of hydrogen-bond acceptors (Lipinski definition) is 5. The molecule has 3 aliphatic rings. The van der Waals surface area contributed by atoms with Crippen LogP contribution in [-0.2, 0) is 10.2 Å². The van der Waals surface area contributed by atoms with E-state index in [9.17, 15) is 14.9 Å². The van der Waals surface area contributed by atoms with Crippen LogP contribution in [-0.4, -0.2) is 27.8 Å². The third-order valence-electron chi connectivity index (χ3n) is 6.26. The molecule has 0 spiro atoms. The first-order chi connectivity index (χ1) is 12.0. The van der Waals surface area contributed by atoms with E-state index in [1.807, 2.05) is 6.07 Å². The van der Waals surface area contributed by atoms with Gasteiger partial charge in [-0.2, -0.15) is 0 Å². The van der Waals surface area contributed by atoms with Gasteiger partial charge >= 0.3 is 0 Å². The van der Waals surface area contributed by atoms with Gasteiger partial charge in [0.2, 0.25) is 0 Å². The van der Waals surface area contributed by atoms with E-state index in [1.165, 1.54) is 23.4 Å². The molecule has 3 heterocycles. The third-order valence-corrected chi connectivity index (χ3v) is 6.26. The number of nitrogens with zero attached hydrogens (tertiary/aromatic N) is 3. The van der Waals surface area contributed by atoms with Crippen LogP contribution in [0.3, 0.4) is 0 Å². The summed E-state index contributed by atoms with van der Waals surface area (Å²) in [6.07, 6.45) is 2.64. The molecule has 2 saturated heterocycles. The summed E-state index contributed by atoms with van der Waals surface area (Å²) in [6.45, 7) is 2.24. The minimum atomic E-state index is -0.451. The molecule has 0 N–H and O–H groups in total. The van der Waals surface area contributed by atoms with Gasteiger partial charge in [-0.25, -0.2) is 4.98 Å². The van der Waals surface area contributed by atoms with Crippen LogP contribution in [0.4, 0.5) is 11.5 Å². The minimum absolute atomic E-state index is 0.0306. The van der Waals surface area contributed by atoms with Crippen LogP contribution in [0.15, 0.2) is 42.6 Å². The summed E-state index contributed by atoms with van der Waals surface area (Å²) in [4.78, 5) is 29.7. The van der Waals surface area contributed by atoms with Gasteiger partial charge in [0.1, 0.15) is 12.0 Å². The summed E-state index contributed by atoms with van der Waals surface area (Å²) in [5.41, 5.74) is 2.50. The molecule has 0 saturated carbocycles. The molecule has 6 nitrogen and oxygen atoms in total. The van der Waals surface area contributed by atoms with Crippen LogP contribution in [0, 0.1) is 10.1 Å². The van der Waals surface area contributed by atoms with E-state index in [-0.39, 0.29) is 34.9 Å². The highest BCUT2D eigenvalue weighted by atomic mass is 16.6. The number of rotatable bonds is 2. The SMILES string of the molecule is CC12CC3C(=O)CC(c4ccccc41)C2N3c1ccc([N+](=O)[O-])cn1. The quantitative estimate of drug-likeness (QED) is 0.623. The van der Waals surface area contributed by atoms with Gasteiger partial charge in [0.05, 0.1) is 11.0 Å². The van der Waals surface area contributed by atoms with Crippen molar-refractivity contribution in [1.82, 2.24) is 4.98 Å². The number of aromatic nitrogens is 1. The van der Waals surface area contributed by atoms with Gasteiger partial charge in [0.15, 0.2) is 5.78 Å². The Morgan fingerprint density at radius 1 is 1.28 bits per heavy atom. The van der Waals surface area contributed by atoms with E-state index in [2.05, 4.69) is 35.0 Å². The first-order valence-electron chi connectivity index (χ1n) is 8.51. The Morgan fingerprint density at radius 3 is 2.80 bits per heavy atom. The minimum Gasteiger partial charge on any atom is -0.342 e. The number of benzene rings is 1. The van der Waals surface area contributed by atoms with E-state index < -0.39 is 4.92 Å². The molecular weight excluding hydrogens is 318 g/mol. The smallest absolute Gasteiger partial charge is 0.287 e. The average molecular weight is 335 g/mol. The zero-order valence-electron chi connectivity index (χ0n) is 13.8. The van der Waals surface area contributed by atoms with Crippen molar-refractivity contribution in [2.75, 3.05) is 4.90 Å². The number of piperidine rings is 1. The predicted octanol–water partition coefficient (Wildman–Crippen LogP) is 2.97. The van der Waals surface area contributed by atoms with Crippen molar-refractivity contribution >= 4 is 17.3 Å². The molecule has 25 heavy (non-hydrogen) atoms. The van der Waals surface area contributed by atoms with E-state index in [4.69, 9.17) is 0 Å². The highest BCUT2D eigenvalue weighted by Gasteiger charge is 2.63. The Bertz CT molecular complexity index is 910. The standard InChI is InChI=1S/C19H17N3O3/c1-19-9-15-16(23)8-13(12-4-2-3-5-14(12)19)18(19)21(15)17-7-6-11(10-20-17)22(24)25/h2-7,10,13,15,18H,8-9H2,1H3. The second kappa shape index (κ2) is 4.65. The van der Waals surface area contributed by atoms with E-state index >= 15 is 0 Å². The predicted molar refractivity (Wildman–Crippen MR) is 91.7 cm³/mol. The van der Waals surface area contributed by atoms with Gasteiger partial charge in [-0.05, 0) is 23.6 Å². The van der Waals surface area contributed by atoms with Crippen LogP contribution in [0.5, 0.6) is 0 Å². The number of pyridine rings is 1. The number of fused-ring (bicyclic) bond motifs is 4. The highest BCUT2D eigenvalue weighted by molar-refractivity contribution is 5.92. The number of anilines is 1. The Kier molecular flexibility index (Phi) is 2.71. The molecule has 5 rings (SSSR count). The lowest BCUT2D eigenvalue weighted by Gasteiger charge is -2.39. The Labute approximate surface area is 144 Å². The molecule has 2 aromatic rings. The monoisotopic (exact) mass is 335 g/mol. The molecule has 0 radical (unpaired) electrons. The van der Waals surface area contributed by atoms with Crippen molar-refractivity contribution in [3.63, 3.8) is 0 Å². The van der Waals surface area contributed by atoms with Crippen molar-refractivity contribution in [3.8, 4) is 0 Å². The zero-order chi connectivity index (χ0) is 17.3. The van der Waals surface area contributed by atoms with Crippen molar-refractivity contribution in [1.29, 1.82) is 0 Å². The number of nitro groups is 1. The first kappa shape index (κ1) is 14.6. The molecule has 2 fully saturated rings. The molecule has 6 heteroatoms. The molecular formula is C19H17N3O3. The first-order valence-corrected chi connectivity index (χ1v) is 8.51. The number of hydrogen-bond donors (Lipinski definition) is 0. The molecule has 4 atom stereocenters. The molecule has 4 unspecified atom stereocenters. The van der Waals surface area contributed by atoms with Gasteiger partial charge in [-0.1, -0.05) is 31.2 Å². The van der Waals surface area contributed by atoms with Crippen LogP contribution in [0.1, 0.15) is 36.8 Å². The molecule has 2 aliphatic heterocycles. The van der Waals surface area contributed by atoms with Crippen molar-refractivity contribution in [3.05, 3.63) is 63.8 Å².